The highest BCUT2D eigenvalue weighted by Gasteiger charge is 2.25. The molecule has 2 aromatic rings. The Morgan fingerprint density at radius 2 is 1.71 bits per heavy atom. The van der Waals surface area contributed by atoms with E-state index in [0.29, 0.717) is 4.47 Å². The maximum absolute atomic E-state index is 12.5. The van der Waals surface area contributed by atoms with Crippen LogP contribution in [0.15, 0.2) is 33.6 Å². The van der Waals surface area contributed by atoms with E-state index in [1.807, 2.05) is 0 Å². The maximum Gasteiger partial charge on any atom is 0.339 e. The molecular formula is C14H9BrCl2O6S. The first-order chi connectivity index (χ1) is 11.0. The van der Waals surface area contributed by atoms with Crippen molar-refractivity contribution < 1.29 is 28.5 Å². The molecule has 0 aromatic heterocycles. The lowest BCUT2D eigenvalue weighted by molar-refractivity contribution is 0.0693. The summed E-state index contributed by atoms with van der Waals surface area (Å²) in [5.41, 5.74) is -0.736. The number of halogens is 3. The normalized spacial score (nSPS) is 11.5. The lowest BCUT2D eigenvalue weighted by Gasteiger charge is -2.11. The van der Waals surface area contributed by atoms with E-state index in [0.717, 1.165) is 18.2 Å². The van der Waals surface area contributed by atoms with Crippen molar-refractivity contribution in [2.75, 3.05) is 0 Å². The molecule has 10 heteroatoms. The zero-order valence-electron chi connectivity index (χ0n) is 11.6. The summed E-state index contributed by atoms with van der Waals surface area (Å²) in [5, 5.41) is 28.6. The summed E-state index contributed by atoms with van der Waals surface area (Å²) < 4.78 is 25.4. The SMILES string of the molecule is O=C(O)c1cc(Cl)cc(CS(=O)(=O)c2cc(Br)cc(Cl)c2O)c1O. The zero-order valence-corrected chi connectivity index (χ0v) is 15.5. The molecule has 0 aliphatic carbocycles. The van der Waals surface area contributed by atoms with Gasteiger partial charge in [-0.3, -0.25) is 0 Å². The standard InChI is InChI=1S/C14H9BrCl2O6S/c15-7-2-10(17)13(19)11(3-7)24(22,23)5-6-1-8(16)4-9(12(6)18)14(20)21/h1-4,18-19H,5H2,(H,20,21). The summed E-state index contributed by atoms with van der Waals surface area (Å²) in [7, 11) is -4.15. The van der Waals surface area contributed by atoms with Crippen LogP contribution in [0.5, 0.6) is 11.5 Å². The molecule has 0 radical (unpaired) electrons. The first kappa shape index (κ1) is 18.9. The predicted octanol–water partition coefficient (Wildman–Crippen LogP) is 3.84. The van der Waals surface area contributed by atoms with Gasteiger partial charge in [-0.2, -0.15) is 0 Å². The molecule has 6 nitrogen and oxygen atoms in total. The lowest BCUT2D eigenvalue weighted by Crippen LogP contribution is -2.08. The summed E-state index contributed by atoms with van der Waals surface area (Å²) in [6, 6.07) is 4.60. The van der Waals surface area contributed by atoms with Crippen LogP contribution in [0.1, 0.15) is 15.9 Å². The minimum Gasteiger partial charge on any atom is -0.507 e. The first-order valence-electron chi connectivity index (χ1n) is 6.18. The number of sulfone groups is 1. The number of phenols is 2. The van der Waals surface area contributed by atoms with Crippen LogP contribution in [0.2, 0.25) is 10.0 Å². The number of aromatic carboxylic acids is 1. The molecule has 0 amide bonds. The van der Waals surface area contributed by atoms with Crippen molar-refractivity contribution in [3.63, 3.8) is 0 Å². The van der Waals surface area contributed by atoms with Crippen LogP contribution in [0, 0.1) is 0 Å². The van der Waals surface area contributed by atoms with E-state index in [1.54, 1.807) is 0 Å². The number of hydrogen-bond donors (Lipinski definition) is 3. The van der Waals surface area contributed by atoms with Gasteiger partial charge in [0.1, 0.15) is 16.2 Å². The van der Waals surface area contributed by atoms with Crippen LogP contribution in [0.4, 0.5) is 0 Å². The van der Waals surface area contributed by atoms with E-state index in [1.165, 1.54) is 6.07 Å². The number of hydrogen-bond acceptors (Lipinski definition) is 5. The molecule has 0 fully saturated rings. The van der Waals surface area contributed by atoms with Gasteiger partial charge in [-0.25, -0.2) is 13.2 Å². The van der Waals surface area contributed by atoms with Crippen LogP contribution in [0.25, 0.3) is 0 Å². The Morgan fingerprint density at radius 3 is 2.29 bits per heavy atom. The summed E-state index contributed by atoms with van der Waals surface area (Å²) in [5.74, 6) is -3.59. The van der Waals surface area contributed by atoms with Crippen LogP contribution in [0.3, 0.4) is 0 Å². The third-order valence-electron chi connectivity index (χ3n) is 3.06. The second-order valence-corrected chi connectivity index (χ2v) is 8.48. The Labute approximate surface area is 155 Å². The quantitative estimate of drug-likeness (QED) is 0.645. The van der Waals surface area contributed by atoms with Crippen molar-refractivity contribution in [1.29, 1.82) is 0 Å². The monoisotopic (exact) mass is 454 g/mol. The van der Waals surface area contributed by atoms with E-state index in [-0.39, 0.29) is 15.6 Å². The summed E-state index contributed by atoms with van der Waals surface area (Å²) in [6.07, 6.45) is 0. The highest BCUT2D eigenvalue weighted by molar-refractivity contribution is 9.10. The van der Waals surface area contributed by atoms with Gasteiger partial charge < -0.3 is 15.3 Å². The summed E-state index contributed by atoms with van der Waals surface area (Å²) in [4.78, 5) is 10.6. The minimum atomic E-state index is -4.15. The lowest BCUT2D eigenvalue weighted by atomic mass is 10.1. The number of rotatable bonds is 4. The highest BCUT2D eigenvalue weighted by atomic mass is 79.9. The van der Waals surface area contributed by atoms with Crippen molar-refractivity contribution in [2.45, 2.75) is 10.6 Å². The molecule has 0 aliphatic heterocycles. The Balaban J connectivity index is 2.57. The second-order valence-electron chi connectivity index (χ2n) is 4.76. The molecule has 0 unspecified atom stereocenters. The molecule has 3 N–H and O–H groups in total. The Kier molecular flexibility index (Phi) is 5.34. The van der Waals surface area contributed by atoms with Crippen LogP contribution < -0.4 is 0 Å². The number of carbonyl (C=O) groups is 1. The number of carboxylic acids is 1. The van der Waals surface area contributed by atoms with E-state index in [2.05, 4.69) is 15.9 Å². The molecule has 0 spiro atoms. The van der Waals surface area contributed by atoms with Crippen molar-refractivity contribution in [1.82, 2.24) is 0 Å². The van der Waals surface area contributed by atoms with Gasteiger partial charge >= 0.3 is 5.97 Å². The van der Waals surface area contributed by atoms with Gasteiger partial charge in [0.2, 0.25) is 0 Å². The van der Waals surface area contributed by atoms with E-state index in [4.69, 9.17) is 28.3 Å². The fourth-order valence-electron chi connectivity index (χ4n) is 1.99. The third-order valence-corrected chi connectivity index (χ3v) is 5.69. The summed E-state index contributed by atoms with van der Waals surface area (Å²) in [6.45, 7) is 0. The van der Waals surface area contributed by atoms with Crippen molar-refractivity contribution >= 4 is 54.9 Å². The number of carboxylic acid groups (broad SMARTS) is 1. The smallest absolute Gasteiger partial charge is 0.339 e. The molecule has 0 atom stereocenters. The van der Waals surface area contributed by atoms with Crippen molar-refractivity contribution in [3.05, 3.63) is 49.9 Å². The van der Waals surface area contributed by atoms with E-state index in [9.17, 15) is 23.4 Å². The second kappa shape index (κ2) is 6.79. The van der Waals surface area contributed by atoms with Gasteiger partial charge in [0, 0.05) is 15.1 Å². The number of phenolic OH excluding ortho intramolecular Hbond substituents is 1. The molecule has 0 heterocycles. The average molecular weight is 456 g/mol. The Hall–Kier alpha value is -1.48. The summed E-state index contributed by atoms with van der Waals surface area (Å²) >= 11 is 14.6. The molecule has 2 rings (SSSR count). The Morgan fingerprint density at radius 1 is 1.08 bits per heavy atom. The topological polar surface area (TPSA) is 112 Å². The van der Waals surface area contributed by atoms with Crippen molar-refractivity contribution in [2.24, 2.45) is 0 Å². The maximum atomic E-state index is 12.5. The largest absolute Gasteiger partial charge is 0.507 e. The number of aromatic hydroxyl groups is 2. The molecule has 128 valence electrons. The van der Waals surface area contributed by atoms with Crippen LogP contribution >= 0.6 is 39.1 Å². The molecule has 0 aliphatic rings. The fraction of sp³-hybridized carbons (Fsp3) is 0.0714. The number of benzene rings is 2. The zero-order chi connectivity index (χ0) is 18.2. The molecule has 0 bridgehead atoms. The van der Waals surface area contributed by atoms with Gasteiger partial charge in [0.05, 0.1) is 10.8 Å². The van der Waals surface area contributed by atoms with Crippen LogP contribution in [-0.2, 0) is 15.6 Å². The fourth-order valence-corrected chi connectivity index (χ4v) is 4.74. The minimum absolute atomic E-state index is 0.0492. The van der Waals surface area contributed by atoms with Gasteiger partial charge in [-0.05, 0) is 24.3 Å². The molecule has 0 saturated heterocycles. The molecule has 2 aromatic carbocycles. The van der Waals surface area contributed by atoms with E-state index >= 15 is 0 Å². The predicted molar refractivity (Wildman–Crippen MR) is 91.8 cm³/mol. The average Bonchev–Trinajstić information content (AvgIpc) is 2.45. The van der Waals surface area contributed by atoms with Gasteiger partial charge in [0.25, 0.3) is 0 Å². The van der Waals surface area contributed by atoms with Crippen LogP contribution in [-0.4, -0.2) is 29.7 Å². The third kappa shape index (κ3) is 3.77. The highest BCUT2D eigenvalue weighted by Crippen LogP contribution is 2.37. The van der Waals surface area contributed by atoms with Gasteiger partial charge in [-0.1, -0.05) is 39.1 Å². The molecule has 0 saturated carbocycles. The molecule has 24 heavy (non-hydrogen) atoms. The molecular weight excluding hydrogens is 447 g/mol. The first-order valence-corrected chi connectivity index (χ1v) is 9.38. The Bertz CT molecular complexity index is 943. The van der Waals surface area contributed by atoms with Gasteiger partial charge in [0.15, 0.2) is 15.6 Å². The van der Waals surface area contributed by atoms with Crippen molar-refractivity contribution in [3.8, 4) is 11.5 Å². The van der Waals surface area contributed by atoms with Gasteiger partial charge in [-0.15, -0.1) is 0 Å². The van der Waals surface area contributed by atoms with E-state index < -0.39 is 43.5 Å².